The van der Waals surface area contributed by atoms with Crippen LogP contribution in [0.3, 0.4) is 0 Å². The smallest absolute Gasteiger partial charge is 0.126 e. The minimum atomic E-state index is -0.204. The van der Waals surface area contributed by atoms with E-state index in [1.807, 2.05) is 42.5 Å². The summed E-state index contributed by atoms with van der Waals surface area (Å²) < 4.78 is 28.4. The highest BCUT2D eigenvalue weighted by Gasteiger charge is 2.27. The van der Waals surface area contributed by atoms with Crippen molar-refractivity contribution in [3.63, 3.8) is 0 Å². The van der Waals surface area contributed by atoms with Crippen LogP contribution in [0.2, 0.25) is 0 Å². The number of hydrogen-bond donors (Lipinski definition) is 0. The second kappa shape index (κ2) is 8.64. The molecule has 0 amide bonds. The van der Waals surface area contributed by atoms with E-state index in [2.05, 4.69) is 35.4 Å². The maximum absolute atomic E-state index is 14.0. The Bertz CT molecular complexity index is 1270. The molecule has 1 atom stereocenters. The molecule has 0 N–H and O–H groups in total. The maximum atomic E-state index is 14.0. The number of rotatable bonds is 6. The van der Waals surface area contributed by atoms with E-state index >= 15 is 0 Å². The number of halogens is 1. The molecule has 0 unspecified atom stereocenters. The van der Waals surface area contributed by atoms with Crippen LogP contribution in [0.5, 0.6) is 5.75 Å². The van der Waals surface area contributed by atoms with E-state index in [1.165, 1.54) is 6.07 Å². The van der Waals surface area contributed by atoms with E-state index in [0.717, 1.165) is 58.6 Å². The summed E-state index contributed by atoms with van der Waals surface area (Å²) in [6.45, 7) is 7.15. The van der Waals surface area contributed by atoms with Crippen molar-refractivity contribution >= 4 is 17.0 Å². The Kier molecular flexibility index (Phi) is 5.54. The lowest BCUT2D eigenvalue weighted by Gasteiger charge is -2.17. The molecule has 162 valence electrons. The van der Waals surface area contributed by atoms with Gasteiger partial charge in [0.1, 0.15) is 18.2 Å². The summed E-state index contributed by atoms with van der Waals surface area (Å²) >= 11 is 0. The number of benzene rings is 3. The summed E-state index contributed by atoms with van der Waals surface area (Å²) in [7, 11) is 0. The van der Waals surface area contributed by atoms with Crippen molar-refractivity contribution in [3.8, 4) is 11.4 Å². The van der Waals surface area contributed by atoms with Crippen LogP contribution in [0.1, 0.15) is 41.3 Å². The molecule has 1 aliphatic heterocycles. The summed E-state index contributed by atoms with van der Waals surface area (Å²) in [6.07, 6.45) is 3.85. The molecule has 3 nitrogen and oxygen atoms in total. The van der Waals surface area contributed by atoms with Gasteiger partial charge in [-0.05, 0) is 67.3 Å². The van der Waals surface area contributed by atoms with Gasteiger partial charge in [0.2, 0.25) is 0 Å². The highest BCUT2D eigenvalue weighted by Crippen LogP contribution is 2.40. The molecular formula is C28H26FNO2. The van der Waals surface area contributed by atoms with Crippen molar-refractivity contribution in [1.82, 2.24) is 4.57 Å². The predicted octanol–water partition coefficient (Wildman–Crippen LogP) is 7.15. The maximum Gasteiger partial charge on any atom is 0.126 e. The summed E-state index contributed by atoms with van der Waals surface area (Å²) in [5.41, 5.74) is 5.80. The van der Waals surface area contributed by atoms with Gasteiger partial charge in [0.25, 0.3) is 0 Å². The van der Waals surface area contributed by atoms with Gasteiger partial charge in [-0.15, -0.1) is 0 Å². The molecule has 3 aromatic carbocycles. The first kappa shape index (κ1) is 20.5. The molecular weight excluding hydrogens is 401 g/mol. The first-order valence-electron chi connectivity index (χ1n) is 11.0. The second-order valence-electron chi connectivity index (χ2n) is 8.23. The molecule has 32 heavy (non-hydrogen) atoms. The molecule has 0 aliphatic carbocycles. The van der Waals surface area contributed by atoms with E-state index in [-0.39, 0.29) is 11.9 Å². The standard InChI is InChI=1S/C28H26FNO2/c1-3-23-24-17-22(32-18-20-8-5-4-6-9-20)12-14-26(24)30(28(23)27-10-7-15-31-27)21-11-13-25(29)19(2)16-21/h3-6,8-9,11-14,16-17,27H,1,7,10,15,18H2,2H3/t27-/m1/s1. The third kappa shape index (κ3) is 3.71. The molecule has 5 rings (SSSR count). The van der Waals surface area contributed by atoms with Crippen molar-refractivity contribution in [2.75, 3.05) is 6.61 Å². The fourth-order valence-electron chi connectivity index (χ4n) is 4.52. The third-order valence-electron chi connectivity index (χ3n) is 6.10. The van der Waals surface area contributed by atoms with Gasteiger partial charge >= 0.3 is 0 Å². The van der Waals surface area contributed by atoms with E-state index < -0.39 is 0 Å². The number of ether oxygens (including phenoxy) is 2. The van der Waals surface area contributed by atoms with Crippen molar-refractivity contribution in [2.24, 2.45) is 0 Å². The van der Waals surface area contributed by atoms with Gasteiger partial charge in [-0.25, -0.2) is 4.39 Å². The van der Waals surface area contributed by atoms with Gasteiger partial charge in [-0.2, -0.15) is 0 Å². The number of aryl methyl sites for hydroxylation is 1. The molecule has 0 spiro atoms. The Morgan fingerprint density at radius 3 is 2.69 bits per heavy atom. The predicted molar refractivity (Wildman–Crippen MR) is 127 cm³/mol. The number of fused-ring (bicyclic) bond motifs is 1. The van der Waals surface area contributed by atoms with E-state index in [4.69, 9.17) is 9.47 Å². The lowest BCUT2D eigenvalue weighted by Crippen LogP contribution is -2.07. The summed E-state index contributed by atoms with van der Waals surface area (Å²) in [5.74, 6) is 0.597. The van der Waals surface area contributed by atoms with Gasteiger partial charge in [0, 0.05) is 23.2 Å². The molecule has 1 fully saturated rings. The van der Waals surface area contributed by atoms with Crippen molar-refractivity contribution in [3.05, 3.63) is 102 Å². The van der Waals surface area contributed by atoms with Crippen LogP contribution in [0, 0.1) is 12.7 Å². The minimum Gasteiger partial charge on any atom is -0.489 e. The minimum absolute atomic E-state index is 0.0190. The van der Waals surface area contributed by atoms with Crippen LogP contribution in [-0.2, 0) is 11.3 Å². The molecule has 4 heteroatoms. The molecule has 1 saturated heterocycles. The molecule has 1 aliphatic rings. The Morgan fingerprint density at radius 2 is 1.97 bits per heavy atom. The largest absolute Gasteiger partial charge is 0.489 e. The zero-order chi connectivity index (χ0) is 22.1. The van der Waals surface area contributed by atoms with Crippen LogP contribution in [-0.4, -0.2) is 11.2 Å². The normalized spacial score (nSPS) is 15.9. The molecule has 0 radical (unpaired) electrons. The SMILES string of the molecule is C=Cc1c([C@H]2CCCO2)n(-c2ccc(F)c(C)c2)c2ccc(OCc3ccccc3)cc12. The summed E-state index contributed by atoms with van der Waals surface area (Å²) in [5, 5.41) is 1.05. The van der Waals surface area contributed by atoms with Crippen LogP contribution < -0.4 is 4.74 Å². The molecule has 0 saturated carbocycles. The lowest BCUT2D eigenvalue weighted by molar-refractivity contribution is 0.107. The highest BCUT2D eigenvalue weighted by atomic mass is 19.1. The van der Waals surface area contributed by atoms with E-state index in [1.54, 1.807) is 6.92 Å². The van der Waals surface area contributed by atoms with Gasteiger partial charge in [-0.3, -0.25) is 0 Å². The Balaban J connectivity index is 1.64. The molecule has 0 bridgehead atoms. The third-order valence-corrected chi connectivity index (χ3v) is 6.10. The Labute approximate surface area is 187 Å². The van der Waals surface area contributed by atoms with Crippen LogP contribution in [0.15, 0.2) is 73.3 Å². The fourth-order valence-corrected chi connectivity index (χ4v) is 4.52. The fraction of sp³-hybridized carbons (Fsp3) is 0.214. The number of hydrogen-bond acceptors (Lipinski definition) is 2. The zero-order valence-electron chi connectivity index (χ0n) is 18.2. The molecule has 4 aromatic rings. The van der Waals surface area contributed by atoms with Crippen molar-refractivity contribution < 1.29 is 13.9 Å². The Morgan fingerprint density at radius 1 is 1.12 bits per heavy atom. The summed E-state index contributed by atoms with van der Waals surface area (Å²) in [6, 6.07) is 21.5. The van der Waals surface area contributed by atoms with Crippen molar-refractivity contribution in [2.45, 2.75) is 32.5 Å². The quantitative estimate of drug-likeness (QED) is 0.326. The molecule has 2 heterocycles. The van der Waals surface area contributed by atoms with Crippen LogP contribution >= 0.6 is 0 Å². The summed E-state index contributed by atoms with van der Waals surface area (Å²) in [4.78, 5) is 0. The zero-order valence-corrected chi connectivity index (χ0v) is 18.2. The van der Waals surface area contributed by atoms with Gasteiger partial charge in [0.15, 0.2) is 0 Å². The van der Waals surface area contributed by atoms with Crippen LogP contribution in [0.25, 0.3) is 22.7 Å². The van der Waals surface area contributed by atoms with Crippen molar-refractivity contribution in [1.29, 1.82) is 0 Å². The number of nitrogens with zero attached hydrogens (tertiary/aromatic N) is 1. The van der Waals surface area contributed by atoms with Gasteiger partial charge in [0.05, 0.1) is 17.3 Å². The second-order valence-corrected chi connectivity index (χ2v) is 8.23. The lowest BCUT2D eigenvalue weighted by atomic mass is 10.1. The average Bonchev–Trinajstić information content (AvgIpc) is 3.45. The average molecular weight is 428 g/mol. The van der Waals surface area contributed by atoms with Gasteiger partial charge < -0.3 is 14.0 Å². The number of aromatic nitrogens is 1. The van der Waals surface area contributed by atoms with E-state index in [0.29, 0.717) is 12.2 Å². The Hall–Kier alpha value is -3.37. The van der Waals surface area contributed by atoms with Gasteiger partial charge in [-0.1, -0.05) is 43.0 Å². The van der Waals surface area contributed by atoms with E-state index in [9.17, 15) is 4.39 Å². The molecule has 1 aromatic heterocycles. The topological polar surface area (TPSA) is 23.4 Å². The van der Waals surface area contributed by atoms with Crippen LogP contribution in [0.4, 0.5) is 4.39 Å². The monoisotopic (exact) mass is 427 g/mol. The highest BCUT2D eigenvalue weighted by molar-refractivity contribution is 5.93. The first-order valence-corrected chi connectivity index (χ1v) is 11.0. The first-order chi connectivity index (χ1) is 15.7.